The van der Waals surface area contributed by atoms with Gasteiger partial charge in [0, 0.05) is 48.5 Å². The zero-order chi connectivity index (χ0) is 22.8. The molecule has 4 nitrogen and oxygen atoms in total. The van der Waals surface area contributed by atoms with Gasteiger partial charge in [-0.2, -0.15) is 0 Å². The number of fused-ring (bicyclic) bond motifs is 3. The molecule has 2 atom stereocenters. The van der Waals surface area contributed by atoms with E-state index in [9.17, 15) is 13.6 Å². The topological polar surface area (TPSA) is 35.6 Å². The lowest BCUT2D eigenvalue weighted by molar-refractivity contribution is -0.116. The summed E-state index contributed by atoms with van der Waals surface area (Å²) < 4.78 is 27.6. The second-order valence-corrected chi connectivity index (χ2v) is 8.83. The van der Waals surface area contributed by atoms with E-state index in [1.54, 1.807) is 18.2 Å². The number of halogens is 3. The Morgan fingerprint density at radius 1 is 0.971 bits per heavy atom. The molecule has 0 aromatic heterocycles. The minimum Gasteiger partial charge on any atom is -0.337 e. The van der Waals surface area contributed by atoms with Crippen LogP contribution in [0.3, 0.4) is 0 Å². The first kappa shape index (κ1) is 24.2. The van der Waals surface area contributed by atoms with Gasteiger partial charge in [0.2, 0.25) is 5.91 Å². The predicted octanol–water partition coefficient (Wildman–Crippen LogP) is 6.12. The molecule has 2 aliphatic heterocycles. The zero-order valence-electron chi connectivity index (χ0n) is 18.8. The number of nitrogens with zero attached hydrogens (tertiary/aromatic N) is 2. The Hall–Kier alpha value is -2.96. The van der Waals surface area contributed by atoms with Crippen molar-refractivity contribution in [3.63, 3.8) is 0 Å². The first-order chi connectivity index (χ1) is 16.1. The maximum atomic E-state index is 14.1. The Labute approximate surface area is 205 Å². The first-order valence-corrected chi connectivity index (χ1v) is 11.5. The molecule has 1 amide bonds. The van der Waals surface area contributed by atoms with Crippen LogP contribution in [0.4, 0.5) is 25.8 Å². The number of carbonyl (C=O) groups excluding carboxylic acids is 1. The number of nitrogens with one attached hydrogen (secondary N) is 1. The molecule has 0 saturated carbocycles. The Balaban J connectivity index is 0.00000274. The van der Waals surface area contributed by atoms with Crippen molar-refractivity contribution in [2.24, 2.45) is 0 Å². The fraction of sp³-hybridized carbons (Fsp3) is 0.296. The summed E-state index contributed by atoms with van der Waals surface area (Å²) in [4.78, 5) is 16.9. The first-order valence-electron chi connectivity index (χ1n) is 11.5. The maximum absolute atomic E-state index is 14.1. The molecule has 1 N–H and O–H groups in total. The molecule has 3 aromatic rings. The number of hydrogen-bond acceptors (Lipinski definition) is 3. The van der Waals surface area contributed by atoms with Crippen molar-refractivity contribution in [3.05, 3.63) is 90.0 Å². The molecule has 0 unspecified atom stereocenters. The van der Waals surface area contributed by atoms with Gasteiger partial charge in [-0.15, -0.1) is 12.4 Å². The van der Waals surface area contributed by atoms with Crippen LogP contribution in [0.15, 0.2) is 72.8 Å². The molecule has 178 valence electrons. The van der Waals surface area contributed by atoms with E-state index >= 15 is 0 Å². The summed E-state index contributed by atoms with van der Waals surface area (Å²) in [6, 6.07) is 21.2. The third kappa shape index (κ3) is 5.08. The van der Waals surface area contributed by atoms with Crippen LogP contribution in [0, 0.1) is 11.6 Å². The van der Waals surface area contributed by atoms with Gasteiger partial charge in [-0.1, -0.05) is 18.2 Å². The Kier molecular flexibility index (Phi) is 7.49. The van der Waals surface area contributed by atoms with Crippen molar-refractivity contribution in [1.82, 2.24) is 4.90 Å². The van der Waals surface area contributed by atoms with Crippen LogP contribution >= 0.6 is 12.4 Å². The molecule has 2 aliphatic rings. The highest BCUT2D eigenvalue weighted by molar-refractivity contribution is 5.90. The molecule has 2 heterocycles. The summed E-state index contributed by atoms with van der Waals surface area (Å²) in [6.45, 7) is 2.56. The van der Waals surface area contributed by atoms with Crippen molar-refractivity contribution in [3.8, 4) is 0 Å². The fourth-order valence-corrected chi connectivity index (χ4v) is 5.19. The Morgan fingerprint density at radius 2 is 1.71 bits per heavy atom. The highest BCUT2D eigenvalue weighted by Gasteiger charge is 2.42. The van der Waals surface area contributed by atoms with Gasteiger partial charge in [-0.05, 0) is 79.5 Å². The van der Waals surface area contributed by atoms with E-state index in [-0.39, 0.29) is 41.9 Å². The number of hydrogen-bond donors (Lipinski definition) is 1. The fourth-order valence-electron chi connectivity index (χ4n) is 5.19. The lowest BCUT2D eigenvalue weighted by Crippen LogP contribution is -2.45. The largest absolute Gasteiger partial charge is 0.337 e. The smallest absolute Gasteiger partial charge is 0.224 e. The molecule has 7 heteroatoms. The van der Waals surface area contributed by atoms with Gasteiger partial charge in [-0.25, -0.2) is 8.78 Å². The molecule has 1 fully saturated rings. The molecule has 3 aromatic carbocycles. The second kappa shape index (κ2) is 10.5. The summed E-state index contributed by atoms with van der Waals surface area (Å²) >= 11 is 0. The molecular weight excluding hydrogens is 456 g/mol. The lowest BCUT2D eigenvalue weighted by Gasteiger charge is -2.39. The van der Waals surface area contributed by atoms with E-state index in [4.69, 9.17) is 0 Å². The van der Waals surface area contributed by atoms with Crippen LogP contribution in [0.1, 0.15) is 30.7 Å². The standard InChI is InChI=1S/C27H27F2N3O.ClH/c28-19-8-11-22(12-9-19)32-25-13-10-20(29)17-23(25)24-18-31(16-14-26(24)32)15-4-7-27(33)30-21-5-2-1-3-6-21;/h1-3,5-6,8-13,17,24,26H,4,7,14-16,18H2,(H,30,33);1H/t24-,26+;/m1./s1. The van der Waals surface area contributed by atoms with Crippen LogP contribution in [0.25, 0.3) is 0 Å². The van der Waals surface area contributed by atoms with E-state index in [0.717, 1.165) is 55.1 Å². The molecule has 34 heavy (non-hydrogen) atoms. The average Bonchev–Trinajstić information content (AvgIpc) is 3.13. The van der Waals surface area contributed by atoms with E-state index in [1.165, 1.54) is 18.2 Å². The van der Waals surface area contributed by atoms with Crippen molar-refractivity contribution in [2.75, 3.05) is 29.9 Å². The normalized spacial score (nSPS) is 19.2. The Bertz CT molecular complexity index is 1130. The third-order valence-corrected chi connectivity index (χ3v) is 6.68. The molecule has 0 bridgehead atoms. The van der Waals surface area contributed by atoms with Crippen LogP contribution < -0.4 is 10.2 Å². The van der Waals surface area contributed by atoms with Gasteiger partial charge < -0.3 is 15.1 Å². The molecule has 0 spiro atoms. The molecule has 1 saturated heterocycles. The van der Waals surface area contributed by atoms with Gasteiger partial charge in [0.25, 0.3) is 0 Å². The number of rotatable bonds is 6. The zero-order valence-corrected chi connectivity index (χ0v) is 19.6. The van der Waals surface area contributed by atoms with Gasteiger partial charge >= 0.3 is 0 Å². The van der Waals surface area contributed by atoms with E-state index < -0.39 is 0 Å². The lowest BCUT2D eigenvalue weighted by atomic mass is 9.89. The summed E-state index contributed by atoms with van der Waals surface area (Å²) in [6.07, 6.45) is 2.16. The van der Waals surface area contributed by atoms with Crippen LogP contribution in [-0.2, 0) is 4.79 Å². The quantitative estimate of drug-likeness (QED) is 0.459. The van der Waals surface area contributed by atoms with Crippen LogP contribution in [0.2, 0.25) is 0 Å². The van der Waals surface area contributed by atoms with Gasteiger partial charge in [0.15, 0.2) is 0 Å². The summed E-state index contributed by atoms with van der Waals surface area (Å²) in [5, 5.41) is 2.93. The van der Waals surface area contributed by atoms with E-state index in [0.29, 0.717) is 6.42 Å². The highest BCUT2D eigenvalue weighted by atomic mass is 35.5. The number of anilines is 3. The summed E-state index contributed by atoms with van der Waals surface area (Å²) in [5.74, 6) is -0.303. The number of likely N-dealkylation sites (tertiary alicyclic amines) is 1. The van der Waals surface area contributed by atoms with Crippen molar-refractivity contribution in [1.29, 1.82) is 0 Å². The predicted molar refractivity (Wildman–Crippen MR) is 134 cm³/mol. The molecule has 0 aliphatic carbocycles. The highest BCUT2D eigenvalue weighted by Crippen LogP contribution is 2.48. The van der Waals surface area contributed by atoms with Crippen molar-refractivity contribution >= 4 is 35.4 Å². The second-order valence-electron chi connectivity index (χ2n) is 8.83. The third-order valence-electron chi connectivity index (χ3n) is 6.68. The molecule has 0 radical (unpaired) electrons. The minimum absolute atomic E-state index is 0. The van der Waals surface area contributed by atoms with Crippen LogP contribution in [-0.4, -0.2) is 36.5 Å². The summed E-state index contributed by atoms with van der Waals surface area (Å²) in [7, 11) is 0. The molecular formula is C27H28ClF2N3O. The minimum atomic E-state index is -0.264. The SMILES string of the molecule is Cl.O=C(CCCN1CC[C@H]2[C@H](C1)c1cc(F)ccc1N2c1ccc(F)cc1)Nc1ccccc1. The van der Waals surface area contributed by atoms with E-state index in [2.05, 4.69) is 15.1 Å². The molecule has 5 rings (SSSR count). The average molecular weight is 484 g/mol. The van der Waals surface area contributed by atoms with Crippen molar-refractivity contribution in [2.45, 2.75) is 31.2 Å². The number of amides is 1. The monoisotopic (exact) mass is 483 g/mol. The van der Waals surface area contributed by atoms with Crippen molar-refractivity contribution < 1.29 is 13.6 Å². The number of para-hydroxylation sites is 1. The van der Waals surface area contributed by atoms with Gasteiger partial charge in [0.05, 0.1) is 0 Å². The van der Waals surface area contributed by atoms with Crippen LogP contribution in [0.5, 0.6) is 0 Å². The Morgan fingerprint density at radius 3 is 2.47 bits per heavy atom. The number of piperidine rings is 1. The number of carbonyl (C=O) groups is 1. The maximum Gasteiger partial charge on any atom is 0.224 e. The van der Waals surface area contributed by atoms with Gasteiger partial charge in [-0.3, -0.25) is 4.79 Å². The number of benzene rings is 3. The summed E-state index contributed by atoms with van der Waals surface area (Å²) in [5.41, 5.74) is 3.76. The van der Waals surface area contributed by atoms with Gasteiger partial charge in [0.1, 0.15) is 11.6 Å². The van der Waals surface area contributed by atoms with E-state index in [1.807, 2.05) is 36.4 Å².